The average Bonchev–Trinajstić information content (AvgIpc) is 2.84. The highest BCUT2D eigenvalue weighted by Crippen LogP contribution is 2.32. The van der Waals surface area contributed by atoms with Crippen LogP contribution >= 0.6 is 11.8 Å². The Labute approximate surface area is 148 Å². The second kappa shape index (κ2) is 7.88. The number of thioether (sulfide) groups is 1. The number of aromatic nitrogens is 1. The van der Waals surface area contributed by atoms with E-state index < -0.39 is 0 Å². The van der Waals surface area contributed by atoms with Crippen LogP contribution < -0.4 is 5.32 Å². The maximum atomic E-state index is 12.4. The summed E-state index contributed by atoms with van der Waals surface area (Å²) >= 11 is 1.58. The fourth-order valence-corrected chi connectivity index (χ4v) is 3.59. The van der Waals surface area contributed by atoms with Gasteiger partial charge in [0.1, 0.15) is 5.76 Å². The Balaban J connectivity index is 1.94. The normalized spacial score (nSPS) is 12.9. The van der Waals surface area contributed by atoms with E-state index >= 15 is 0 Å². The van der Waals surface area contributed by atoms with Crippen molar-refractivity contribution < 1.29 is 9.32 Å². The van der Waals surface area contributed by atoms with Crippen molar-refractivity contribution in [3.63, 3.8) is 0 Å². The molecule has 5 heteroatoms. The van der Waals surface area contributed by atoms with Crippen LogP contribution in [-0.2, 0) is 10.5 Å². The SMILES string of the molecule is Cc1noc(C)c1CSCC(=O)NC(c1ccccc1)C(C)(C)C. The molecule has 1 aromatic heterocycles. The summed E-state index contributed by atoms with van der Waals surface area (Å²) in [5.74, 6) is 2.04. The topological polar surface area (TPSA) is 55.1 Å². The molecule has 24 heavy (non-hydrogen) atoms. The standard InChI is InChI=1S/C19H26N2O2S/c1-13-16(14(2)23-21-13)11-24-12-17(22)20-18(19(3,4)5)15-9-7-6-8-10-15/h6-10,18H,11-12H2,1-5H3,(H,20,22). The van der Waals surface area contributed by atoms with E-state index in [2.05, 4.69) is 43.4 Å². The van der Waals surface area contributed by atoms with E-state index in [0.717, 1.165) is 28.3 Å². The highest BCUT2D eigenvalue weighted by molar-refractivity contribution is 7.99. The number of carbonyl (C=O) groups excluding carboxylic acids is 1. The first-order chi connectivity index (χ1) is 11.3. The zero-order valence-electron chi connectivity index (χ0n) is 15.1. The Bertz CT molecular complexity index is 655. The maximum Gasteiger partial charge on any atom is 0.230 e. The quantitative estimate of drug-likeness (QED) is 0.841. The number of carbonyl (C=O) groups is 1. The number of hydrogen-bond acceptors (Lipinski definition) is 4. The van der Waals surface area contributed by atoms with Crippen molar-refractivity contribution in [2.45, 2.75) is 46.4 Å². The Kier molecular flexibility index (Phi) is 6.10. The van der Waals surface area contributed by atoms with Crippen molar-refractivity contribution in [2.75, 3.05) is 5.75 Å². The monoisotopic (exact) mass is 346 g/mol. The Morgan fingerprint density at radius 3 is 2.46 bits per heavy atom. The van der Waals surface area contributed by atoms with E-state index in [9.17, 15) is 4.79 Å². The van der Waals surface area contributed by atoms with E-state index in [4.69, 9.17) is 4.52 Å². The van der Waals surface area contributed by atoms with Gasteiger partial charge in [0.05, 0.1) is 17.5 Å². The van der Waals surface area contributed by atoms with Crippen LogP contribution in [0.25, 0.3) is 0 Å². The summed E-state index contributed by atoms with van der Waals surface area (Å²) in [4.78, 5) is 12.4. The number of amides is 1. The average molecular weight is 346 g/mol. The lowest BCUT2D eigenvalue weighted by Gasteiger charge is -2.32. The smallest absolute Gasteiger partial charge is 0.230 e. The van der Waals surface area contributed by atoms with E-state index in [1.807, 2.05) is 32.0 Å². The summed E-state index contributed by atoms with van der Waals surface area (Å²) in [6.45, 7) is 10.3. The molecule has 2 aromatic rings. The van der Waals surface area contributed by atoms with Gasteiger partial charge in [-0.25, -0.2) is 0 Å². The molecule has 130 valence electrons. The van der Waals surface area contributed by atoms with Crippen molar-refractivity contribution in [3.8, 4) is 0 Å². The number of nitrogens with zero attached hydrogens (tertiary/aromatic N) is 1. The molecule has 4 nitrogen and oxygen atoms in total. The Morgan fingerprint density at radius 1 is 1.25 bits per heavy atom. The van der Waals surface area contributed by atoms with Crippen molar-refractivity contribution in [1.82, 2.24) is 10.5 Å². The zero-order chi connectivity index (χ0) is 17.7. The lowest BCUT2D eigenvalue weighted by atomic mass is 9.82. The molecule has 0 aliphatic carbocycles. The molecule has 1 aromatic carbocycles. The Morgan fingerprint density at radius 2 is 1.92 bits per heavy atom. The number of benzene rings is 1. The van der Waals surface area contributed by atoms with Gasteiger partial charge in [-0.2, -0.15) is 0 Å². The molecular formula is C19H26N2O2S. The lowest BCUT2D eigenvalue weighted by Crippen LogP contribution is -2.37. The summed E-state index contributed by atoms with van der Waals surface area (Å²) in [6, 6.07) is 10.1. The summed E-state index contributed by atoms with van der Waals surface area (Å²) in [6.07, 6.45) is 0. The van der Waals surface area contributed by atoms with Gasteiger partial charge in [0.15, 0.2) is 0 Å². The molecule has 2 rings (SSSR count). The molecule has 1 unspecified atom stereocenters. The van der Waals surface area contributed by atoms with Crippen LogP contribution in [0.15, 0.2) is 34.9 Å². The van der Waals surface area contributed by atoms with Crippen molar-refractivity contribution >= 4 is 17.7 Å². The molecule has 1 heterocycles. The molecule has 0 saturated carbocycles. The van der Waals surface area contributed by atoms with Crippen LogP contribution in [0.4, 0.5) is 0 Å². The number of nitrogens with one attached hydrogen (secondary N) is 1. The summed E-state index contributed by atoms with van der Waals surface area (Å²) < 4.78 is 5.16. The first-order valence-corrected chi connectivity index (χ1v) is 9.28. The van der Waals surface area contributed by atoms with Crippen LogP contribution in [0.5, 0.6) is 0 Å². The van der Waals surface area contributed by atoms with Gasteiger partial charge < -0.3 is 9.84 Å². The van der Waals surface area contributed by atoms with E-state index in [1.54, 1.807) is 11.8 Å². The van der Waals surface area contributed by atoms with Gasteiger partial charge in [-0.05, 0) is 24.8 Å². The summed E-state index contributed by atoms with van der Waals surface area (Å²) in [5, 5.41) is 7.13. The van der Waals surface area contributed by atoms with E-state index in [1.165, 1.54) is 0 Å². The third-order valence-corrected chi connectivity index (χ3v) is 4.92. The van der Waals surface area contributed by atoms with Crippen LogP contribution in [0.2, 0.25) is 0 Å². The highest BCUT2D eigenvalue weighted by Gasteiger charge is 2.27. The maximum absolute atomic E-state index is 12.4. The molecular weight excluding hydrogens is 320 g/mol. The van der Waals surface area contributed by atoms with Crippen molar-refractivity contribution in [1.29, 1.82) is 0 Å². The van der Waals surface area contributed by atoms with Crippen LogP contribution in [0.1, 0.15) is 49.4 Å². The summed E-state index contributed by atoms with van der Waals surface area (Å²) in [5.41, 5.74) is 3.07. The fraction of sp³-hybridized carbons (Fsp3) is 0.474. The van der Waals surface area contributed by atoms with Crippen LogP contribution in [-0.4, -0.2) is 16.8 Å². The first-order valence-electron chi connectivity index (χ1n) is 8.13. The van der Waals surface area contributed by atoms with Crippen LogP contribution in [0, 0.1) is 19.3 Å². The molecule has 1 amide bonds. The van der Waals surface area contributed by atoms with Gasteiger partial charge >= 0.3 is 0 Å². The van der Waals surface area contributed by atoms with Crippen LogP contribution in [0.3, 0.4) is 0 Å². The van der Waals surface area contributed by atoms with E-state index in [-0.39, 0.29) is 17.4 Å². The molecule has 0 aliphatic heterocycles. The third kappa shape index (κ3) is 4.87. The van der Waals surface area contributed by atoms with Gasteiger partial charge in [-0.15, -0.1) is 11.8 Å². The lowest BCUT2D eigenvalue weighted by molar-refractivity contribution is -0.120. The molecule has 0 saturated heterocycles. The summed E-state index contributed by atoms with van der Waals surface area (Å²) in [7, 11) is 0. The predicted octanol–water partition coefficient (Wildman–Crippen LogP) is 4.43. The number of rotatable bonds is 6. The Hall–Kier alpha value is -1.75. The molecule has 1 atom stereocenters. The number of aryl methyl sites for hydroxylation is 2. The minimum Gasteiger partial charge on any atom is -0.361 e. The molecule has 0 bridgehead atoms. The first kappa shape index (κ1) is 18.6. The largest absolute Gasteiger partial charge is 0.361 e. The van der Waals surface area contributed by atoms with Gasteiger partial charge in [0.25, 0.3) is 0 Å². The minimum absolute atomic E-state index is 0.00846. The third-order valence-electron chi connectivity index (χ3n) is 3.97. The second-order valence-electron chi connectivity index (χ2n) is 7.07. The molecule has 0 spiro atoms. The van der Waals surface area contributed by atoms with Gasteiger partial charge in [0, 0.05) is 11.3 Å². The highest BCUT2D eigenvalue weighted by atomic mass is 32.2. The number of hydrogen-bond donors (Lipinski definition) is 1. The fourth-order valence-electron chi connectivity index (χ4n) is 2.60. The molecule has 0 fully saturated rings. The zero-order valence-corrected chi connectivity index (χ0v) is 15.9. The van der Waals surface area contributed by atoms with Gasteiger partial charge in [-0.3, -0.25) is 4.79 Å². The minimum atomic E-state index is -0.0522. The van der Waals surface area contributed by atoms with Gasteiger partial charge in [0.2, 0.25) is 5.91 Å². The van der Waals surface area contributed by atoms with Gasteiger partial charge in [-0.1, -0.05) is 56.3 Å². The van der Waals surface area contributed by atoms with E-state index in [0.29, 0.717) is 5.75 Å². The molecule has 1 N–H and O–H groups in total. The second-order valence-corrected chi connectivity index (χ2v) is 8.06. The van der Waals surface area contributed by atoms with Crippen molar-refractivity contribution in [3.05, 3.63) is 52.9 Å². The predicted molar refractivity (Wildman–Crippen MR) is 98.9 cm³/mol. The van der Waals surface area contributed by atoms with Crippen molar-refractivity contribution in [2.24, 2.45) is 5.41 Å². The molecule has 0 radical (unpaired) electrons. The molecule has 0 aliphatic rings.